The fourth-order valence-corrected chi connectivity index (χ4v) is 1.65. The van der Waals surface area contributed by atoms with E-state index in [4.69, 9.17) is 6.42 Å². The number of carbonyl (C=O) groups is 1. The van der Waals surface area contributed by atoms with Crippen LogP contribution in [0.1, 0.15) is 19.8 Å². The number of rotatable bonds is 1. The quantitative estimate of drug-likeness (QED) is 0.579. The van der Waals surface area contributed by atoms with Crippen molar-refractivity contribution in [1.29, 1.82) is 0 Å². The van der Waals surface area contributed by atoms with Crippen molar-refractivity contribution in [3.05, 3.63) is 0 Å². The lowest BCUT2D eigenvalue weighted by Gasteiger charge is -2.32. The molecule has 0 aromatic heterocycles. The molecule has 1 aliphatic heterocycles. The standard InChI is InChI=1S/C11H18N2O/c1-4-7-12(3)11(14)13-8-5-10(2)6-9-13/h1,10H,5-9H2,2-3H3. The molecule has 78 valence electrons. The minimum Gasteiger partial charge on any atom is -0.325 e. The molecule has 0 saturated carbocycles. The Hall–Kier alpha value is -1.17. The van der Waals surface area contributed by atoms with Crippen LogP contribution in [0.4, 0.5) is 4.79 Å². The van der Waals surface area contributed by atoms with Crippen molar-refractivity contribution >= 4 is 6.03 Å². The summed E-state index contributed by atoms with van der Waals surface area (Å²) in [6.07, 6.45) is 7.37. The van der Waals surface area contributed by atoms with Crippen LogP contribution >= 0.6 is 0 Å². The smallest absolute Gasteiger partial charge is 0.320 e. The van der Waals surface area contributed by atoms with Crippen LogP contribution in [0.3, 0.4) is 0 Å². The average molecular weight is 194 g/mol. The molecule has 1 aliphatic rings. The number of terminal acetylenes is 1. The molecular formula is C11H18N2O. The third kappa shape index (κ3) is 2.66. The van der Waals surface area contributed by atoms with Gasteiger partial charge in [0, 0.05) is 20.1 Å². The molecule has 0 radical (unpaired) electrons. The zero-order valence-corrected chi connectivity index (χ0v) is 8.99. The molecule has 3 heteroatoms. The van der Waals surface area contributed by atoms with Gasteiger partial charge in [0.2, 0.25) is 0 Å². The summed E-state index contributed by atoms with van der Waals surface area (Å²) in [7, 11) is 1.75. The molecular weight excluding hydrogens is 176 g/mol. The van der Waals surface area contributed by atoms with Crippen LogP contribution in [0.2, 0.25) is 0 Å². The van der Waals surface area contributed by atoms with E-state index >= 15 is 0 Å². The van der Waals surface area contributed by atoms with Crippen molar-refractivity contribution in [2.24, 2.45) is 5.92 Å². The van der Waals surface area contributed by atoms with Crippen molar-refractivity contribution in [3.8, 4) is 12.3 Å². The maximum atomic E-state index is 11.8. The van der Waals surface area contributed by atoms with Crippen LogP contribution in [-0.4, -0.2) is 42.5 Å². The molecule has 2 amide bonds. The molecule has 3 nitrogen and oxygen atoms in total. The first-order valence-electron chi connectivity index (χ1n) is 5.08. The molecule has 0 aromatic carbocycles. The van der Waals surface area contributed by atoms with E-state index in [0.717, 1.165) is 31.8 Å². The van der Waals surface area contributed by atoms with Gasteiger partial charge in [0.15, 0.2) is 0 Å². The Kier molecular flexibility index (Phi) is 3.82. The van der Waals surface area contributed by atoms with Crippen LogP contribution in [0, 0.1) is 18.3 Å². The monoisotopic (exact) mass is 194 g/mol. The Morgan fingerprint density at radius 1 is 1.57 bits per heavy atom. The zero-order chi connectivity index (χ0) is 10.6. The second-order valence-corrected chi connectivity index (χ2v) is 4.01. The van der Waals surface area contributed by atoms with E-state index in [1.165, 1.54) is 0 Å². The number of likely N-dealkylation sites (tertiary alicyclic amines) is 1. The summed E-state index contributed by atoms with van der Waals surface area (Å²) in [6, 6.07) is 0.0647. The molecule has 0 aromatic rings. The molecule has 0 atom stereocenters. The molecule has 0 unspecified atom stereocenters. The van der Waals surface area contributed by atoms with Crippen molar-refractivity contribution in [1.82, 2.24) is 9.80 Å². The normalized spacial score (nSPS) is 17.6. The number of hydrogen-bond acceptors (Lipinski definition) is 1. The average Bonchev–Trinajstić information content (AvgIpc) is 2.18. The van der Waals surface area contributed by atoms with Gasteiger partial charge in [-0.1, -0.05) is 12.8 Å². The lowest BCUT2D eigenvalue weighted by Crippen LogP contribution is -2.45. The first-order valence-corrected chi connectivity index (χ1v) is 5.08. The van der Waals surface area contributed by atoms with Crippen LogP contribution in [0.25, 0.3) is 0 Å². The number of amides is 2. The Labute approximate surface area is 86.1 Å². The van der Waals surface area contributed by atoms with Crippen LogP contribution in [-0.2, 0) is 0 Å². The first-order chi connectivity index (χ1) is 6.65. The SMILES string of the molecule is C#CCN(C)C(=O)N1CCC(C)CC1. The minimum absolute atomic E-state index is 0.0647. The zero-order valence-electron chi connectivity index (χ0n) is 8.99. The van der Waals surface area contributed by atoms with E-state index in [-0.39, 0.29) is 6.03 Å². The Morgan fingerprint density at radius 2 is 2.14 bits per heavy atom. The number of nitrogens with zero attached hydrogens (tertiary/aromatic N) is 2. The van der Waals surface area contributed by atoms with Gasteiger partial charge in [0.05, 0.1) is 6.54 Å². The van der Waals surface area contributed by atoms with Crippen LogP contribution in [0.15, 0.2) is 0 Å². The largest absolute Gasteiger partial charge is 0.325 e. The molecule has 0 aliphatic carbocycles. The van der Waals surface area contributed by atoms with Gasteiger partial charge in [-0.3, -0.25) is 0 Å². The summed E-state index contributed by atoms with van der Waals surface area (Å²) in [4.78, 5) is 15.2. The molecule has 1 heterocycles. The van der Waals surface area contributed by atoms with Gasteiger partial charge in [0.25, 0.3) is 0 Å². The number of urea groups is 1. The molecule has 1 saturated heterocycles. The van der Waals surface area contributed by atoms with Crippen molar-refractivity contribution in [3.63, 3.8) is 0 Å². The molecule has 1 rings (SSSR count). The highest BCUT2D eigenvalue weighted by molar-refractivity contribution is 5.74. The van der Waals surface area contributed by atoms with Gasteiger partial charge in [-0.05, 0) is 18.8 Å². The summed E-state index contributed by atoms with van der Waals surface area (Å²) in [5, 5.41) is 0. The van der Waals surface area contributed by atoms with E-state index in [0.29, 0.717) is 6.54 Å². The van der Waals surface area contributed by atoms with Gasteiger partial charge in [-0.2, -0.15) is 0 Å². The number of carbonyl (C=O) groups excluding carboxylic acids is 1. The predicted octanol–water partition coefficient (Wildman–Crippen LogP) is 1.40. The van der Waals surface area contributed by atoms with E-state index in [2.05, 4.69) is 12.8 Å². The summed E-state index contributed by atoms with van der Waals surface area (Å²) in [5.41, 5.74) is 0. The van der Waals surface area contributed by atoms with Gasteiger partial charge in [0.1, 0.15) is 0 Å². The maximum absolute atomic E-state index is 11.8. The Balaban J connectivity index is 2.42. The number of piperidine rings is 1. The summed E-state index contributed by atoms with van der Waals surface area (Å²) in [6.45, 7) is 4.36. The molecule has 0 spiro atoms. The van der Waals surface area contributed by atoms with Crippen molar-refractivity contribution < 1.29 is 4.79 Å². The third-order valence-electron chi connectivity index (χ3n) is 2.71. The van der Waals surface area contributed by atoms with Gasteiger partial charge in [-0.15, -0.1) is 6.42 Å². The highest BCUT2D eigenvalue weighted by Crippen LogP contribution is 2.16. The van der Waals surface area contributed by atoms with Crippen molar-refractivity contribution in [2.45, 2.75) is 19.8 Å². The third-order valence-corrected chi connectivity index (χ3v) is 2.71. The van der Waals surface area contributed by atoms with E-state index in [9.17, 15) is 4.79 Å². The van der Waals surface area contributed by atoms with Crippen LogP contribution in [0.5, 0.6) is 0 Å². The Morgan fingerprint density at radius 3 is 2.64 bits per heavy atom. The fourth-order valence-electron chi connectivity index (χ4n) is 1.65. The summed E-state index contributed by atoms with van der Waals surface area (Å²) in [5.74, 6) is 3.22. The lowest BCUT2D eigenvalue weighted by atomic mass is 10.00. The van der Waals surface area contributed by atoms with Gasteiger partial charge >= 0.3 is 6.03 Å². The topological polar surface area (TPSA) is 23.6 Å². The predicted molar refractivity (Wildman–Crippen MR) is 56.8 cm³/mol. The van der Waals surface area contributed by atoms with Gasteiger partial charge < -0.3 is 9.80 Å². The van der Waals surface area contributed by atoms with E-state index < -0.39 is 0 Å². The van der Waals surface area contributed by atoms with Crippen molar-refractivity contribution in [2.75, 3.05) is 26.7 Å². The Bertz CT molecular complexity index is 236. The first kappa shape index (κ1) is 10.9. The molecule has 14 heavy (non-hydrogen) atoms. The molecule has 1 fully saturated rings. The lowest BCUT2D eigenvalue weighted by molar-refractivity contribution is 0.147. The fraction of sp³-hybridized carbons (Fsp3) is 0.727. The second kappa shape index (κ2) is 4.90. The summed E-state index contributed by atoms with van der Waals surface area (Å²) >= 11 is 0. The maximum Gasteiger partial charge on any atom is 0.320 e. The van der Waals surface area contributed by atoms with E-state index in [1.807, 2.05) is 4.90 Å². The minimum atomic E-state index is 0.0647. The number of hydrogen-bond donors (Lipinski definition) is 0. The second-order valence-electron chi connectivity index (χ2n) is 4.01. The highest BCUT2D eigenvalue weighted by atomic mass is 16.2. The summed E-state index contributed by atoms with van der Waals surface area (Å²) < 4.78 is 0. The van der Waals surface area contributed by atoms with E-state index in [1.54, 1.807) is 11.9 Å². The van der Waals surface area contributed by atoms with Crippen LogP contribution < -0.4 is 0 Å². The molecule has 0 bridgehead atoms. The van der Waals surface area contributed by atoms with Gasteiger partial charge in [-0.25, -0.2) is 4.79 Å². The highest BCUT2D eigenvalue weighted by Gasteiger charge is 2.22. The molecule has 0 N–H and O–H groups in total.